The first kappa shape index (κ1) is 14.4. The van der Waals surface area contributed by atoms with Crippen LogP contribution in [0.25, 0.3) is 16.9 Å². The summed E-state index contributed by atoms with van der Waals surface area (Å²) in [5.74, 6) is -0.558. The second-order valence-electron chi connectivity index (χ2n) is 4.62. The molecule has 0 fully saturated rings. The molecule has 0 saturated carbocycles. The molecule has 3 rings (SSSR count). The van der Waals surface area contributed by atoms with Crippen LogP contribution in [0.4, 0.5) is 0 Å². The van der Waals surface area contributed by atoms with Crippen molar-refractivity contribution in [3.05, 3.63) is 71.4 Å². The van der Waals surface area contributed by atoms with E-state index >= 15 is 0 Å². The van der Waals surface area contributed by atoms with Gasteiger partial charge in [-0.05, 0) is 12.1 Å². The highest BCUT2D eigenvalue weighted by molar-refractivity contribution is 6.35. The van der Waals surface area contributed by atoms with Crippen molar-refractivity contribution in [2.24, 2.45) is 0 Å². The molecule has 0 bridgehead atoms. The van der Waals surface area contributed by atoms with Gasteiger partial charge in [0, 0.05) is 5.56 Å². The molecule has 0 aliphatic rings. The van der Waals surface area contributed by atoms with E-state index in [0.29, 0.717) is 5.69 Å². The molecular formula is C17H13ClN2O2. The summed E-state index contributed by atoms with van der Waals surface area (Å²) in [7, 11) is 1.31. The van der Waals surface area contributed by atoms with Crippen molar-refractivity contribution in [2.45, 2.75) is 0 Å². The average molecular weight is 313 g/mol. The summed E-state index contributed by atoms with van der Waals surface area (Å²) in [5.41, 5.74) is 2.46. The largest absolute Gasteiger partial charge is 0.464 e. The molecule has 1 heterocycles. The third kappa shape index (κ3) is 2.49. The molecule has 0 amide bonds. The number of esters is 1. The summed E-state index contributed by atoms with van der Waals surface area (Å²) < 4.78 is 6.41. The van der Waals surface area contributed by atoms with Crippen LogP contribution in [0.3, 0.4) is 0 Å². The van der Waals surface area contributed by atoms with Gasteiger partial charge in [0.2, 0.25) is 0 Å². The van der Waals surface area contributed by atoms with Gasteiger partial charge in [0.25, 0.3) is 0 Å². The molecule has 5 heteroatoms. The fourth-order valence-electron chi connectivity index (χ4n) is 2.23. The lowest BCUT2D eigenvalue weighted by Gasteiger charge is -2.07. The summed E-state index contributed by atoms with van der Waals surface area (Å²) in [6.45, 7) is 0. The highest BCUT2D eigenvalue weighted by atomic mass is 35.5. The molecule has 22 heavy (non-hydrogen) atoms. The van der Waals surface area contributed by atoms with Crippen LogP contribution >= 0.6 is 11.6 Å². The molecule has 0 aliphatic carbocycles. The third-order valence-corrected chi connectivity index (χ3v) is 3.61. The molecule has 0 atom stereocenters. The van der Waals surface area contributed by atoms with Crippen LogP contribution in [0.5, 0.6) is 0 Å². The van der Waals surface area contributed by atoms with E-state index in [9.17, 15) is 4.79 Å². The predicted molar refractivity (Wildman–Crippen MR) is 85.3 cm³/mol. The molecule has 0 radical (unpaired) electrons. The Labute approximate surface area is 132 Å². The molecule has 0 saturated heterocycles. The molecule has 2 aromatic carbocycles. The molecule has 110 valence electrons. The van der Waals surface area contributed by atoms with Gasteiger partial charge < -0.3 is 4.74 Å². The standard InChI is InChI=1S/C17H13ClN2O2/c1-22-17(21)15-14(18)16(12-8-4-2-5-9-12)20(19-15)13-10-6-3-7-11-13/h2-11H,1H3. The zero-order chi connectivity index (χ0) is 15.5. The van der Waals surface area contributed by atoms with Gasteiger partial charge in [0.15, 0.2) is 5.69 Å². The minimum Gasteiger partial charge on any atom is -0.464 e. The van der Waals surface area contributed by atoms with E-state index in [1.54, 1.807) is 4.68 Å². The SMILES string of the molecule is COC(=O)c1nn(-c2ccccc2)c(-c2ccccc2)c1Cl. The molecule has 0 spiro atoms. The Bertz CT molecular complexity index is 798. The van der Waals surface area contributed by atoms with Crippen LogP contribution in [0.2, 0.25) is 5.02 Å². The average Bonchev–Trinajstić information content (AvgIpc) is 2.93. The number of benzene rings is 2. The number of halogens is 1. The van der Waals surface area contributed by atoms with Gasteiger partial charge in [-0.25, -0.2) is 9.48 Å². The normalized spacial score (nSPS) is 10.5. The molecule has 0 aliphatic heterocycles. The number of carbonyl (C=O) groups is 1. The van der Waals surface area contributed by atoms with E-state index in [0.717, 1.165) is 11.3 Å². The van der Waals surface area contributed by atoms with Gasteiger partial charge in [-0.2, -0.15) is 5.10 Å². The van der Waals surface area contributed by atoms with Crippen LogP contribution in [0.15, 0.2) is 60.7 Å². The fourth-order valence-corrected chi connectivity index (χ4v) is 2.53. The van der Waals surface area contributed by atoms with Crippen LogP contribution in [0.1, 0.15) is 10.5 Å². The van der Waals surface area contributed by atoms with Crippen molar-refractivity contribution in [2.75, 3.05) is 7.11 Å². The summed E-state index contributed by atoms with van der Waals surface area (Å²) >= 11 is 6.40. The van der Waals surface area contributed by atoms with E-state index in [4.69, 9.17) is 16.3 Å². The number of para-hydroxylation sites is 1. The van der Waals surface area contributed by atoms with Crippen LogP contribution in [-0.2, 0) is 4.74 Å². The Morgan fingerprint density at radius 2 is 1.64 bits per heavy atom. The maximum atomic E-state index is 11.9. The van der Waals surface area contributed by atoms with Gasteiger partial charge in [-0.3, -0.25) is 0 Å². The minimum absolute atomic E-state index is 0.104. The highest BCUT2D eigenvalue weighted by Gasteiger charge is 2.23. The number of ether oxygens (including phenoxy) is 1. The van der Waals surface area contributed by atoms with Gasteiger partial charge >= 0.3 is 5.97 Å². The lowest BCUT2D eigenvalue weighted by molar-refractivity contribution is 0.0593. The predicted octanol–water partition coefficient (Wildman–Crippen LogP) is 3.98. The van der Waals surface area contributed by atoms with Gasteiger partial charge in [0.1, 0.15) is 5.02 Å². The number of nitrogens with zero attached hydrogens (tertiary/aromatic N) is 2. The van der Waals surface area contributed by atoms with Crippen LogP contribution in [0, 0.1) is 0 Å². The second-order valence-corrected chi connectivity index (χ2v) is 4.99. The van der Waals surface area contributed by atoms with Crippen molar-refractivity contribution in [3.8, 4) is 16.9 Å². The van der Waals surface area contributed by atoms with Crippen LogP contribution in [-0.4, -0.2) is 22.9 Å². The first-order valence-electron chi connectivity index (χ1n) is 6.70. The van der Waals surface area contributed by atoms with Gasteiger partial charge in [0.05, 0.1) is 18.5 Å². The molecular weight excluding hydrogens is 300 g/mol. The summed E-state index contributed by atoms with van der Waals surface area (Å²) in [4.78, 5) is 11.9. The van der Waals surface area contributed by atoms with Crippen molar-refractivity contribution in [1.82, 2.24) is 9.78 Å². The lowest BCUT2D eigenvalue weighted by Crippen LogP contribution is -2.04. The zero-order valence-electron chi connectivity index (χ0n) is 11.9. The second kappa shape index (κ2) is 6.03. The van der Waals surface area contributed by atoms with E-state index in [2.05, 4.69) is 5.10 Å². The third-order valence-electron chi connectivity index (χ3n) is 3.25. The fraction of sp³-hybridized carbons (Fsp3) is 0.0588. The first-order valence-corrected chi connectivity index (χ1v) is 7.08. The molecule has 0 unspecified atom stereocenters. The smallest absolute Gasteiger partial charge is 0.360 e. The van der Waals surface area contributed by atoms with E-state index < -0.39 is 5.97 Å². The minimum atomic E-state index is -0.558. The number of aromatic nitrogens is 2. The summed E-state index contributed by atoms with van der Waals surface area (Å²) in [5, 5.41) is 4.62. The molecule has 3 aromatic rings. The Morgan fingerprint density at radius 3 is 2.23 bits per heavy atom. The molecule has 1 aromatic heterocycles. The maximum Gasteiger partial charge on any atom is 0.360 e. The van der Waals surface area contributed by atoms with Crippen molar-refractivity contribution in [1.29, 1.82) is 0 Å². The van der Waals surface area contributed by atoms with Gasteiger partial charge in [-0.15, -0.1) is 0 Å². The van der Waals surface area contributed by atoms with Crippen molar-refractivity contribution >= 4 is 17.6 Å². The number of carbonyl (C=O) groups excluding carboxylic acids is 1. The number of rotatable bonds is 3. The summed E-state index contributed by atoms with van der Waals surface area (Å²) in [6, 6.07) is 19.1. The summed E-state index contributed by atoms with van der Waals surface area (Å²) in [6.07, 6.45) is 0. The Kier molecular flexibility index (Phi) is 3.94. The van der Waals surface area contributed by atoms with Gasteiger partial charge in [-0.1, -0.05) is 60.1 Å². The lowest BCUT2D eigenvalue weighted by atomic mass is 10.1. The number of methoxy groups -OCH3 is 1. The monoisotopic (exact) mass is 312 g/mol. The zero-order valence-corrected chi connectivity index (χ0v) is 12.6. The molecule has 0 N–H and O–H groups in total. The number of hydrogen-bond acceptors (Lipinski definition) is 3. The van der Waals surface area contributed by atoms with E-state index in [1.807, 2.05) is 60.7 Å². The number of hydrogen-bond donors (Lipinski definition) is 0. The molecule has 4 nitrogen and oxygen atoms in total. The van der Waals surface area contributed by atoms with E-state index in [-0.39, 0.29) is 10.7 Å². The van der Waals surface area contributed by atoms with Crippen molar-refractivity contribution in [3.63, 3.8) is 0 Å². The Balaban J connectivity index is 2.26. The van der Waals surface area contributed by atoms with Crippen LogP contribution < -0.4 is 0 Å². The van der Waals surface area contributed by atoms with Crippen molar-refractivity contribution < 1.29 is 9.53 Å². The maximum absolute atomic E-state index is 11.9. The first-order chi connectivity index (χ1) is 10.7. The Morgan fingerprint density at radius 1 is 1.05 bits per heavy atom. The quantitative estimate of drug-likeness (QED) is 0.687. The highest BCUT2D eigenvalue weighted by Crippen LogP contribution is 2.33. The van der Waals surface area contributed by atoms with E-state index in [1.165, 1.54) is 7.11 Å². The Hall–Kier alpha value is -2.59. The topological polar surface area (TPSA) is 44.1 Å².